The fraction of sp³-hybridized carbons (Fsp3) is 0. The van der Waals surface area contributed by atoms with E-state index in [0.717, 1.165) is 5.39 Å². The van der Waals surface area contributed by atoms with Crippen LogP contribution in [-0.2, 0) is 10.1 Å². The molecule has 4 aromatic carbocycles. The van der Waals surface area contributed by atoms with Crippen molar-refractivity contribution in [2.45, 2.75) is 4.90 Å². The minimum absolute atomic E-state index is 0. The van der Waals surface area contributed by atoms with Gasteiger partial charge in [0.2, 0.25) is 0 Å². The van der Waals surface area contributed by atoms with Gasteiger partial charge in [0.25, 0.3) is 10.1 Å². The van der Waals surface area contributed by atoms with Crippen LogP contribution in [0, 0.1) is 0 Å². The normalized spacial score (nSPS) is 11.8. The Morgan fingerprint density at radius 3 is 2.21 bits per heavy atom. The van der Waals surface area contributed by atoms with Gasteiger partial charge in [-0.05, 0) is 46.5 Å². The van der Waals surface area contributed by atoms with Crippen molar-refractivity contribution in [2.24, 2.45) is 10.2 Å². The monoisotopic (exact) mass is 417 g/mol. The minimum atomic E-state index is -4.34. The van der Waals surface area contributed by atoms with Gasteiger partial charge >= 0.3 is 0 Å². The van der Waals surface area contributed by atoms with Crippen molar-refractivity contribution in [3.63, 3.8) is 0 Å². The topological polar surface area (TPSA) is 120 Å². The zero-order valence-corrected chi connectivity index (χ0v) is 18.1. The standard InChI is InChI=1S/C20H14N2O5S.Na/c23-18-8-6-12-3-1-2-4-16(12)20(18)22-21-17-10-13-5-7-15(28(25,26)27)9-14(13)11-19(17)24;/h1-11,23-24H,(H,25,26,27);. The predicted octanol–water partition coefficient (Wildman–Crippen LogP) is 4.69. The molecule has 0 fully saturated rings. The molecule has 4 aromatic rings. The smallest absolute Gasteiger partial charge is 0.294 e. The molecule has 29 heavy (non-hydrogen) atoms. The van der Waals surface area contributed by atoms with E-state index < -0.39 is 10.1 Å². The Labute approximate surface area is 188 Å². The van der Waals surface area contributed by atoms with E-state index in [1.165, 1.54) is 36.4 Å². The van der Waals surface area contributed by atoms with Crippen LogP contribution in [0.2, 0.25) is 0 Å². The summed E-state index contributed by atoms with van der Waals surface area (Å²) in [7, 11) is -4.34. The Morgan fingerprint density at radius 2 is 1.45 bits per heavy atom. The first kappa shape index (κ1) is 21.2. The molecule has 0 spiro atoms. The minimum Gasteiger partial charge on any atom is -0.506 e. The van der Waals surface area contributed by atoms with Crippen LogP contribution in [0.25, 0.3) is 21.5 Å². The third-order valence-corrected chi connectivity index (χ3v) is 5.19. The number of azo groups is 1. The van der Waals surface area contributed by atoms with Crippen molar-refractivity contribution in [1.82, 2.24) is 0 Å². The van der Waals surface area contributed by atoms with E-state index in [4.69, 9.17) is 4.55 Å². The van der Waals surface area contributed by atoms with Gasteiger partial charge in [-0.15, -0.1) is 10.2 Å². The Morgan fingerprint density at radius 1 is 0.724 bits per heavy atom. The second-order valence-electron chi connectivity index (χ2n) is 6.18. The van der Waals surface area contributed by atoms with E-state index in [2.05, 4.69) is 10.2 Å². The second-order valence-corrected chi connectivity index (χ2v) is 7.60. The van der Waals surface area contributed by atoms with Gasteiger partial charge in [0.05, 0.1) is 4.90 Å². The predicted molar refractivity (Wildman–Crippen MR) is 111 cm³/mol. The molecule has 0 heterocycles. The molecular formula is C20H14N2NaO5S. The largest absolute Gasteiger partial charge is 0.506 e. The molecule has 0 aromatic heterocycles. The molecular weight excluding hydrogens is 403 g/mol. The maximum atomic E-state index is 11.3. The van der Waals surface area contributed by atoms with E-state index in [9.17, 15) is 18.6 Å². The zero-order valence-electron chi connectivity index (χ0n) is 15.3. The molecule has 0 aliphatic carbocycles. The van der Waals surface area contributed by atoms with Crippen LogP contribution >= 0.6 is 0 Å². The van der Waals surface area contributed by atoms with Gasteiger partial charge in [-0.25, -0.2) is 0 Å². The summed E-state index contributed by atoms with van der Waals surface area (Å²) >= 11 is 0. The van der Waals surface area contributed by atoms with Crippen molar-refractivity contribution in [3.05, 3.63) is 66.7 Å². The fourth-order valence-electron chi connectivity index (χ4n) is 2.94. The van der Waals surface area contributed by atoms with Gasteiger partial charge in [-0.3, -0.25) is 4.55 Å². The van der Waals surface area contributed by atoms with Crippen LogP contribution in [0.15, 0.2) is 81.9 Å². The fourth-order valence-corrected chi connectivity index (χ4v) is 3.46. The first-order chi connectivity index (χ1) is 13.3. The zero-order chi connectivity index (χ0) is 19.9. The van der Waals surface area contributed by atoms with Crippen molar-refractivity contribution in [2.75, 3.05) is 0 Å². The summed E-state index contributed by atoms with van der Waals surface area (Å²) in [4.78, 5) is -0.269. The first-order valence-corrected chi connectivity index (χ1v) is 9.64. The number of phenols is 2. The number of phenolic OH excluding ortho intramolecular Hbond substituents is 2. The maximum absolute atomic E-state index is 11.3. The van der Waals surface area contributed by atoms with Gasteiger partial charge in [0.1, 0.15) is 22.9 Å². The molecule has 7 nitrogen and oxygen atoms in total. The summed E-state index contributed by atoms with van der Waals surface area (Å²) in [6.07, 6.45) is 0. The Balaban J connectivity index is 0.00000240. The summed E-state index contributed by atoms with van der Waals surface area (Å²) in [5.74, 6) is -0.260. The average Bonchev–Trinajstić information content (AvgIpc) is 2.66. The quantitative estimate of drug-likeness (QED) is 0.254. The van der Waals surface area contributed by atoms with Gasteiger partial charge in [0, 0.05) is 34.9 Å². The van der Waals surface area contributed by atoms with E-state index in [1.807, 2.05) is 18.2 Å². The van der Waals surface area contributed by atoms with Crippen LogP contribution in [0.5, 0.6) is 11.5 Å². The summed E-state index contributed by atoms with van der Waals surface area (Å²) in [5, 5.41) is 31.1. The number of nitrogens with zero attached hydrogens (tertiary/aromatic N) is 2. The van der Waals surface area contributed by atoms with Crippen LogP contribution in [0.1, 0.15) is 0 Å². The summed E-state index contributed by atoms with van der Waals surface area (Å²) in [5.41, 5.74) is 0.429. The van der Waals surface area contributed by atoms with E-state index in [1.54, 1.807) is 12.1 Å². The van der Waals surface area contributed by atoms with E-state index in [-0.39, 0.29) is 57.3 Å². The number of rotatable bonds is 3. The molecule has 0 aliphatic rings. The van der Waals surface area contributed by atoms with Gasteiger partial charge in [-0.2, -0.15) is 8.42 Å². The molecule has 1 radical (unpaired) electrons. The van der Waals surface area contributed by atoms with E-state index in [0.29, 0.717) is 16.2 Å². The van der Waals surface area contributed by atoms with E-state index >= 15 is 0 Å². The molecule has 3 N–H and O–H groups in total. The number of hydrogen-bond donors (Lipinski definition) is 3. The average molecular weight is 417 g/mol. The van der Waals surface area contributed by atoms with Crippen molar-refractivity contribution in [1.29, 1.82) is 0 Å². The Bertz CT molecular complexity index is 1370. The molecule has 141 valence electrons. The molecule has 0 unspecified atom stereocenters. The molecule has 0 aliphatic heterocycles. The third kappa shape index (κ3) is 4.26. The van der Waals surface area contributed by atoms with Gasteiger partial charge < -0.3 is 10.2 Å². The molecule has 0 bridgehead atoms. The first-order valence-electron chi connectivity index (χ1n) is 8.20. The van der Waals surface area contributed by atoms with Gasteiger partial charge in [-0.1, -0.05) is 36.4 Å². The number of aromatic hydroxyl groups is 2. The number of fused-ring (bicyclic) bond motifs is 2. The summed E-state index contributed by atoms with van der Waals surface area (Å²) < 4.78 is 31.7. The van der Waals surface area contributed by atoms with Crippen LogP contribution < -0.4 is 0 Å². The Kier molecular flexibility index (Phi) is 5.92. The van der Waals surface area contributed by atoms with Crippen molar-refractivity contribution >= 4 is 72.6 Å². The Hall–Kier alpha value is -2.49. The SMILES string of the molecule is O=S(=O)(O)c1ccc2cc(N=Nc3c(O)ccc4ccccc34)c(O)cc2c1.[Na]. The molecule has 0 saturated carbocycles. The molecule has 4 rings (SSSR count). The molecule has 0 amide bonds. The third-order valence-electron chi connectivity index (χ3n) is 4.34. The summed E-state index contributed by atoms with van der Waals surface area (Å²) in [6.45, 7) is 0. The second kappa shape index (κ2) is 8.10. The molecule has 0 atom stereocenters. The van der Waals surface area contributed by atoms with Crippen LogP contribution in [-0.4, -0.2) is 52.7 Å². The summed E-state index contributed by atoms with van der Waals surface area (Å²) in [6, 6.07) is 17.5. The van der Waals surface area contributed by atoms with Crippen LogP contribution in [0.4, 0.5) is 11.4 Å². The maximum Gasteiger partial charge on any atom is 0.294 e. The molecule has 0 saturated heterocycles. The van der Waals surface area contributed by atoms with Gasteiger partial charge in [0.15, 0.2) is 0 Å². The van der Waals surface area contributed by atoms with Crippen LogP contribution in [0.3, 0.4) is 0 Å². The van der Waals surface area contributed by atoms with Crippen molar-refractivity contribution in [3.8, 4) is 11.5 Å². The number of hydrogen-bond acceptors (Lipinski definition) is 6. The van der Waals surface area contributed by atoms with Crippen molar-refractivity contribution < 1.29 is 23.2 Å². The molecule has 9 heteroatoms. The number of benzene rings is 4.